The zero-order valence-electron chi connectivity index (χ0n) is 17.6. The van der Waals surface area contributed by atoms with Crippen molar-refractivity contribution in [2.45, 2.75) is 71.6 Å². The Hall–Kier alpha value is -2.26. The predicted octanol–water partition coefficient (Wildman–Crippen LogP) is 7.96. The molecule has 0 amide bonds. The lowest BCUT2D eigenvalue weighted by Gasteiger charge is -2.19. The topological polar surface area (TPSA) is 0 Å². The monoisotopic (exact) mass is 370 g/mol. The largest absolute Gasteiger partial charge is 0.0726 e. The molecule has 1 aliphatic carbocycles. The van der Waals surface area contributed by atoms with Crippen LogP contribution in [-0.2, 0) is 6.42 Å². The Kier molecular flexibility index (Phi) is 7.98. The Bertz CT molecular complexity index is 809. The second kappa shape index (κ2) is 10.9. The zero-order chi connectivity index (χ0) is 19.6. The molecule has 2 aromatic rings. The molecular formula is C28H34. The van der Waals surface area contributed by atoms with E-state index in [1.807, 2.05) is 0 Å². The standard InChI is InChI=1S/C28H34/c1-3-5-7-23-9-11-25(12-10-23)13-14-26-17-21-28(22-18-26)27-19-15-24(16-20-27)8-6-4-2/h11,15-23H,3-10,12H2,1-2H3. The highest BCUT2D eigenvalue weighted by Gasteiger charge is 2.12. The van der Waals surface area contributed by atoms with E-state index >= 15 is 0 Å². The van der Waals surface area contributed by atoms with Gasteiger partial charge in [-0.25, -0.2) is 0 Å². The summed E-state index contributed by atoms with van der Waals surface area (Å²) in [6, 6.07) is 17.7. The highest BCUT2D eigenvalue weighted by molar-refractivity contribution is 5.64. The first-order chi connectivity index (χ1) is 13.8. The highest BCUT2D eigenvalue weighted by atomic mass is 14.2. The molecule has 0 nitrogen and oxygen atoms in total. The van der Waals surface area contributed by atoms with Crippen LogP contribution in [0.2, 0.25) is 0 Å². The summed E-state index contributed by atoms with van der Waals surface area (Å²) < 4.78 is 0. The van der Waals surface area contributed by atoms with E-state index < -0.39 is 0 Å². The number of rotatable bonds is 7. The van der Waals surface area contributed by atoms with Gasteiger partial charge in [0.25, 0.3) is 0 Å². The lowest BCUT2D eigenvalue weighted by molar-refractivity contribution is 0.425. The summed E-state index contributed by atoms with van der Waals surface area (Å²) in [4.78, 5) is 0. The second-order valence-corrected chi connectivity index (χ2v) is 8.14. The van der Waals surface area contributed by atoms with Gasteiger partial charge in [-0.3, -0.25) is 0 Å². The van der Waals surface area contributed by atoms with E-state index in [1.165, 1.54) is 73.6 Å². The zero-order valence-corrected chi connectivity index (χ0v) is 17.6. The molecule has 2 aromatic carbocycles. The van der Waals surface area contributed by atoms with Crippen LogP contribution in [-0.4, -0.2) is 0 Å². The van der Waals surface area contributed by atoms with Crippen molar-refractivity contribution in [3.05, 3.63) is 71.3 Å². The second-order valence-electron chi connectivity index (χ2n) is 8.14. The van der Waals surface area contributed by atoms with E-state index in [-0.39, 0.29) is 0 Å². The number of hydrogen-bond acceptors (Lipinski definition) is 0. The van der Waals surface area contributed by atoms with Crippen molar-refractivity contribution in [1.82, 2.24) is 0 Å². The molecule has 1 aliphatic rings. The molecular weight excluding hydrogens is 336 g/mol. The van der Waals surface area contributed by atoms with Crippen molar-refractivity contribution in [1.29, 1.82) is 0 Å². The quantitative estimate of drug-likeness (QED) is 0.434. The van der Waals surface area contributed by atoms with Crippen LogP contribution in [0.5, 0.6) is 0 Å². The Morgan fingerprint density at radius 2 is 1.50 bits per heavy atom. The fourth-order valence-corrected chi connectivity index (χ4v) is 3.90. The van der Waals surface area contributed by atoms with Gasteiger partial charge in [-0.2, -0.15) is 0 Å². The minimum absolute atomic E-state index is 0.887. The Labute approximate surface area is 172 Å². The first-order valence-corrected chi connectivity index (χ1v) is 11.2. The Morgan fingerprint density at radius 1 is 0.821 bits per heavy atom. The van der Waals surface area contributed by atoms with Gasteiger partial charge in [-0.1, -0.05) is 93.8 Å². The molecule has 0 heteroatoms. The summed E-state index contributed by atoms with van der Waals surface area (Å²) in [5.74, 6) is 7.66. The van der Waals surface area contributed by atoms with Crippen LogP contribution < -0.4 is 0 Å². The van der Waals surface area contributed by atoms with E-state index in [0.717, 1.165) is 17.9 Å². The van der Waals surface area contributed by atoms with Gasteiger partial charge in [0.2, 0.25) is 0 Å². The molecule has 0 N–H and O–H groups in total. The van der Waals surface area contributed by atoms with Crippen molar-refractivity contribution in [2.24, 2.45) is 5.92 Å². The molecule has 0 heterocycles. The first kappa shape index (κ1) is 20.5. The fourth-order valence-electron chi connectivity index (χ4n) is 3.90. The number of allylic oxidation sites excluding steroid dienone is 2. The molecule has 1 unspecified atom stereocenters. The molecule has 0 aliphatic heterocycles. The maximum Gasteiger partial charge on any atom is 0.0249 e. The van der Waals surface area contributed by atoms with E-state index in [0.29, 0.717) is 0 Å². The van der Waals surface area contributed by atoms with Crippen LogP contribution in [0.3, 0.4) is 0 Å². The first-order valence-electron chi connectivity index (χ1n) is 11.2. The van der Waals surface area contributed by atoms with Gasteiger partial charge in [0.1, 0.15) is 0 Å². The normalized spacial score (nSPS) is 16.2. The van der Waals surface area contributed by atoms with E-state index in [1.54, 1.807) is 0 Å². The third-order valence-corrected chi connectivity index (χ3v) is 5.84. The summed E-state index contributed by atoms with van der Waals surface area (Å²) >= 11 is 0. The third kappa shape index (κ3) is 6.13. The number of aryl methyl sites for hydroxylation is 1. The van der Waals surface area contributed by atoms with Crippen molar-refractivity contribution in [3.63, 3.8) is 0 Å². The average molecular weight is 371 g/mol. The van der Waals surface area contributed by atoms with E-state index in [2.05, 4.69) is 80.3 Å². The fraction of sp³-hybridized carbons (Fsp3) is 0.429. The van der Waals surface area contributed by atoms with Crippen LogP contribution in [0.25, 0.3) is 11.1 Å². The van der Waals surface area contributed by atoms with Crippen molar-refractivity contribution in [3.8, 4) is 23.0 Å². The van der Waals surface area contributed by atoms with Crippen LogP contribution >= 0.6 is 0 Å². The molecule has 0 bridgehead atoms. The average Bonchev–Trinajstić information content (AvgIpc) is 2.76. The Balaban J connectivity index is 1.58. The SMILES string of the molecule is CCCCc1ccc(-c2ccc(C#CC3=CCC(CCCC)CC3)cc2)cc1. The van der Waals surface area contributed by atoms with Gasteiger partial charge < -0.3 is 0 Å². The van der Waals surface area contributed by atoms with Gasteiger partial charge >= 0.3 is 0 Å². The van der Waals surface area contributed by atoms with Crippen LogP contribution in [0, 0.1) is 17.8 Å². The summed E-state index contributed by atoms with van der Waals surface area (Å²) in [7, 11) is 0. The van der Waals surface area contributed by atoms with Crippen LogP contribution in [0.15, 0.2) is 60.2 Å². The minimum atomic E-state index is 0.887. The molecule has 28 heavy (non-hydrogen) atoms. The number of benzene rings is 2. The van der Waals surface area contributed by atoms with Crippen molar-refractivity contribution in [2.75, 3.05) is 0 Å². The van der Waals surface area contributed by atoms with Gasteiger partial charge in [0, 0.05) is 5.56 Å². The summed E-state index contributed by atoms with van der Waals surface area (Å²) in [6.45, 7) is 4.53. The molecule has 0 saturated carbocycles. The molecule has 0 saturated heterocycles. The molecule has 0 spiro atoms. The number of hydrogen-bond donors (Lipinski definition) is 0. The maximum absolute atomic E-state index is 3.41. The van der Waals surface area contributed by atoms with Gasteiger partial charge in [0.15, 0.2) is 0 Å². The molecule has 3 rings (SSSR count). The third-order valence-electron chi connectivity index (χ3n) is 5.84. The predicted molar refractivity (Wildman–Crippen MR) is 122 cm³/mol. The van der Waals surface area contributed by atoms with E-state index in [9.17, 15) is 0 Å². The van der Waals surface area contributed by atoms with Gasteiger partial charge in [0.05, 0.1) is 0 Å². The van der Waals surface area contributed by atoms with Gasteiger partial charge in [-0.05, 0) is 72.4 Å². The smallest absolute Gasteiger partial charge is 0.0249 e. The molecule has 0 aromatic heterocycles. The lowest BCUT2D eigenvalue weighted by atomic mass is 9.86. The summed E-state index contributed by atoms with van der Waals surface area (Å²) in [5.41, 5.74) is 6.43. The lowest BCUT2D eigenvalue weighted by Crippen LogP contribution is -2.05. The maximum atomic E-state index is 3.41. The summed E-state index contributed by atoms with van der Waals surface area (Å²) in [6.07, 6.45) is 13.8. The number of unbranched alkanes of at least 4 members (excludes halogenated alkanes) is 2. The van der Waals surface area contributed by atoms with Crippen LogP contribution in [0.1, 0.15) is 76.3 Å². The van der Waals surface area contributed by atoms with E-state index in [4.69, 9.17) is 0 Å². The Morgan fingerprint density at radius 3 is 2.11 bits per heavy atom. The van der Waals surface area contributed by atoms with Gasteiger partial charge in [-0.15, -0.1) is 0 Å². The van der Waals surface area contributed by atoms with Crippen LogP contribution in [0.4, 0.5) is 0 Å². The molecule has 146 valence electrons. The molecule has 1 atom stereocenters. The molecule has 0 radical (unpaired) electrons. The molecule has 0 fully saturated rings. The van der Waals surface area contributed by atoms with Crippen molar-refractivity contribution >= 4 is 0 Å². The van der Waals surface area contributed by atoms with Crippen molar-refractivity contribution < 1.29 is 0 Å². The summed E-state index contributed by atoms with van der Waals surface area (Å²) in [5, 5.41) is 0. The minimum Gasteiger partial charge on any atom is -0.0726 e. The highest BCUT2D eigenvalue weighted by Crippen LogP contribution is 2.27.